The Labute approximate surface area is 243 Å². The van der Waals surface area contributed by atoms with E-state index >= 15 is 0 Å². The fourth-order valence-corrected chi connectivity index (χ4v) is 5.95. The lowest BCUT2D eigenvalue weighted by Crippen LogP contribution is -2.28. The highest BCUT2D eigenvalue weighted by Gasteiger charge is 2.29. The van der Waals surface area contributed by atoms with Crippen LogP contribution in [-0.2, 0) is 9.59 Å². The number of carbonyl (C=O) groups is 2. The van der Waals surface area contributed by atoms with Crippen LogP contribution in [0.5, 0.6) is 11.5 Å². The van der Waals surface area contributed by atoms with Gasteiger partial charge >= 0.3 is 0 Å². The van der Waals surface area contributed by atoms with Crippen LogP contribution in [0.2, 0.25) is 0 Å². The quantitative estimate of drug-likeness (QED) is 0.263. The molecule has 0 spiro atoms. The van der Waals surface area contributed by atoms with Gasteiger partial charge < -0.3 is 19.5 Å². The number of hydrogen-bond acceptors (Lipinski definition) is 6. The highest BCUT2D eigenvalue weighted by atomic mass is 16.5. The summed E-state index contributed by atoms with van der Waals surface area (Å²) in [5, 5.41) is 0. The Morgan fingerprint density at radius 3 is 2.62 bits per heavy atom. The van der Waals surface area contributed by atoms with E-state index in [0.29, 0.717) is 29.4 Å². The number of anilines is 1. The van der Waals surface area contributed by atoms with Crippen LogP contribution in [0.15, 0.2) is 79.0 Å². The van der Waals surface area contributed by atoms with Crippen molar-refractivity contribution in [2.24, 2.45) is 0 Å². The second kappa shape index (κ2) is 10.7. The Morgan fingerprint density at radius 2 is 1.81 bits per heavy atom. The molecule has 0 aliphatic carbocycles. The Kier molecular flexibility index (Phi) is 6.62. The first-order valence-electron chi connectivity index (χ1n) is 14.3. The van der Waals surface area contributed by atoms with E-state index in [1.807, 2.05) is 82.6 Å². The number of pyridine rings is 2. The molecule has 2 aliphatic heterocycles. The van der Waals surface area contributed by atoms with Gasteiger partial charge in [0.15, 0.2) is 5.82 Å². The second-order valence-corrected chi connectivity index (χ2v) is 10.7. The predicted molar refractivity (Wildman–Crippen MR) is 160 cm³/mol. The van der Waals surface area contributed by atoms with Crippen LogP contribution < -0.4 is 9.64 Å². The third-order valence-corrected chi connectivity index (χ3v) is 7.99. The molecule has 1 unspecified atom stereocenters. The van der Waals surface area contributed by atoms with E-state index in [1.165, 1.54) is 0 Å². The van der Waals surface area contributed by atoms with Crippen LogP contribution >= 0.6 is 0 Å². The number of imidazole rings is 1. The lowest BCUT2D eigenvalue weighted by Gasteiger charge is -2.23. The van der Waals surface area contributed by atoms with E-state index in [9.17, 15) is 9.59 Å². The summed E-state index contributed by atoms with van der Waals surface area (Å²) in [6.07, 6.45) is 5.13. The summed E-state index contributed by atoms with van der Waals surface area (Å²) in [6, 6.07) is 23.2. The Morgan fingerprint density at radius 1 is 0.952 bits per heavy atom. The van der Waals surface area contributed by atoms with Gasteiger partial charge in [-0.15, -0.1) is 0 Å². The molecule has 210 valence electrons. The van der Waals surface area contributed by atoms with Gasteiger partial charge in [-0.3, -0.25) is 19.6 Å². The van der Waals surface area contributed by atoms with E-state index in [4.69, 9.17) is 14.7 Å². The third-order valence-electron chi connectivity index (χ3n) is 7.99. The van der Waals surface area contributed by atoms with Gasteiger partial charge in [0.1, 0.15) is 17.2 Å². The summed E-state index contributed by atoms with van der Waals surface area (Å²) >= 11 is 0. The Bertz CT molecular complexity index is 1800. The summed E-state index contributed by atoms with van der Waals surface area (Å²) in [7, 11) is 0. The standard InChI is InChI=1S/C33H30N6O3/c1-21(40)38-18-4-9-30(38)28-8-2-7-26(35-28)25-6-3-17-34-32(25)33-36-27-16-15-24(20-29(27)37-33)42-23-13-11-22(12-14-23)39-19-5-10-31(39)41/h2-3,6-8,11-17,20,30H,4-5,9-10,18-19H2,1H3,(H,36,37). The number of nitrogens with one attached hydrogen (secondary N) is 1. The molecule has 2 aliphatic rings. The van der Waals surface area contributed by atoms with E-state index in [-0.39, 0.29) is 17.9 Å². The lowest BCUT2D eigenvalue weighted by molar-refractivity contribution is -0.129. The monoisotopic (exact) mass is 558 g/mol. The Hall–Kier alpha value is -5.05. The fraction of sp³-hybridized carbons (Fsp3) is 0.242. The molecular weight excluding hydrogens is 528 g/mol. The molecule has 0 bridgehead atoms. The van der Waals surface area contributed by atoms with Gasteiger partial charge in [0.2, 0.25) is 11.8 Å². The number of carbonyl (C=O) groups excluding carboxylic acids is 2. The van der Waals surface area contributed by atoms with Gasteiger partial charge in [-0.05, 0) is 79.9 Å². The van der Waals surface area contributed by atoms with Gasteiger partial charge in [0.25, 0.3) is 0 Å². The van der Waals surface area contributed by atoms with Gasteiger partial charge in [-0.2, -0.15) is 0 Å². The average Bonchev–Trinajstić information content (AvgIpc) is 3.77. The van der Waals surface area contributed by atoms with Crippen molar-refractivity contribution < 1.29 is 14.3 Å². The normalized spacial score (nSPS) is 16.9. The Balaban J connectivity index is 1.15. The average molecular weight is 559 g/mol. The van der Waals surface area contributed by atoms with Crippen molar-refractivity contribution in [2.75, 3.05) is 18.0 Å². The molecule has 7 rings (SSSR count). The van der Waals surface area contributed by atoms with Gasteiger partial charge in [0, 0.05) is 49.9 Å². The first-order chi connectivity index (χ1) is 20.5. The molecule has 2 fully saturated rings. The number of amides is 2. The number of likely N-dealkylation sites (tertiary alicyclic amines) is 1. The number of ether oxygens (including phenoxy) is 1. The van der Waals surface area contributed by atoms with Crippen molar-refractivity contribution in [2.45, 2.75) is 38.6 Å². The molecule has 42 heavy (non-hydrogen) atoms. The number of fused-ring (bicyclic) bond motifs is 1. The smallest absolute Gasteiger partial charge is 0.227 e. The van der Waals surface area contributed by atoms with Crippen LogP contribution in [0, 0.1) is 0 Å². The number of aromatic amines is 1. The third kappa shape index (κ3) is 4.87. The van der Waals surface area contributed by atoms with Crippen molar-refractivity contribution >= 4 is 28.5 Å². The number of hydrogen-bond donors (Lipinski definition) is 1. The molecule has 1 N–H and O–H groups in total. The maximum Gasteiger partial charge on any atom is 0.227 e. The van der Waals surface area contributed by atoms with Crippen LogP contribution in [0.4, 0.5) is 5.69 Å². The van der Waals surface area contributed by atoms with Crippen molar-refractivity contribution in [1.29, 1.82) is 0 Å². The maximum absolute atomic E-state index is 12.2. The fourth-order valence-electron chi connectivity index (χ4n) is 5.95. The minimum absolute atomic E-state index is 0.00824. The van der Waals surface area contributed by atoms with Crippen LogP contribution in [0.1, 0.15) is 44.3 Å². The molecule has 9 heteroatoms. The number of benzene rings is 2. The molecule has 9 nitrogen and oxygen atoms in total. The lowest BCUT2D eigenvalue weighted by atomic mass is 10.1. The zero-order valence-electron chi connectivity index (χ0n) is 23.3. The molecule has 2 saturated heterocycles. The van der Waals surface area contributed by atoms with Crippen LogP contribution in [0.3, 0.4) is 0 Å². The topological polar surface area (TPSA) is 104 Å². The largest absolute Gasteiger partial charge is 0.457 e. The SMILES string of the molecule is CC(=O)N1CCCC1c1cccc(-c2cccnc2-c2nc3cc(Oc4ccc(N5CCCC5=O)cc4)ccc3[nH]2)n1. The zero-order chi connectivity index (χ0) is 28.6. The highest BCUT2D eigenvalue weighted by molar-refractivity contribution is 5.95. The minimum Gasteiger partial charge on any atom is -0.457 e. The molecule has 5 heterocycles. The van der Waals surface area contributed by atoms with E-state index in [2.05, 4.69) is 9.97 Å². The number of nitrogens with zero attached hydrogens (tertiary/aromatic N) is 5. The molecule has 0 radical (unpaired) electrons. The van der Waals surface area contributed by atoms with Crippen LogP contribution in [0.25, 0.3) is 33.8 Å². The van der Waals surface area contributed by atoms with Gasteiger partial charge in [-0.1, -0.05) is 6.07 Å². The molecule has 3 aromatic heterocycles. The molecular formula is C33H30N6O3. The highest BCUT2D eigenvalue weighted by Crippen LogP contribution is 2.35. The molecule has 1 atom stereocenters. The van der Waals surface area contributed by atoms with Crippen molar-refractivity contribution in [3.63, 3.8) is 0 Å². The summed E-state index contributed by atoms with van der Waals surface area (Å²) < 4.78 is 6.12. The van der Waals surface area contributed by atoms with Gasteiger partial charge in [-0.25, -0.2) is 4.98 Å². The molecule has 0 saturated carbocycles. The van der Waals surface area contributed by atoms with E-state index in [0.717, 1.165) is 66.0 Å². The molecule has 5 aromatic rings. The van der Waals surface area contributed by atoms with Crippen molar-refractivity contribution in [3.05, 3.63) is 84.7 Å². The predicted octanol–water partition coefficient (Wildman–Crippen LogP) is 6.29. The molecule has 2 amide bonds. The number of rotatable bonds is 6. The maximum atomic E-state index is 12.2. The van der Waals surface area contributed by atoms with Crippen LogP contribution in [-0.4, -0.2) is 49.7 Å². The summed E-state index contributed by atoms with van der Waals surface area (Å²) in [5.41, 5.74) is 5.74. The second-order valence-electron chi connectivity index (χ2n) is 10.7. The number of H-pyrrole nitrogens is 1. The molecule has 2 aromatic carbocycles. The van der Waals surface area contributed by atoms with Crippen molar-refractivity contribution in [1.82, 2.24) is 24.8 Å². The minimum atomic E-state index is -0.00824. The first kappa shape index (κ1) is 25.9. The zero-order valence-corrected chi connectivity index (χ0v) is 23.3. The van der Waals surface area contributed by atoms with E-state index in [1.54, 1.807) is 13.1 Å². The number of aromatic nitrogens is 4. The summed E-state index contributed by atoms with van der Waals surface area (Å²) in [6.45, 7) is 3.14. The van der Waals surface area contributed by atoms with E-state index < -0.39 is 0 Å². The summed E-state index contributed by atoms with van der Waals surface area (Å²) in [5.74, 6) is 2.22. The van der Waals surface area contributed by atoms with Gasteiger partial charge in [0.05, 0.1) is 28.5 Å². The van der Waals surface area contributed by atoms with Crippen molar-refractivity contribution in [3.8, 4) is 34.3 Å². The summed E-state index contributed by atoms with van der Waals surface area (Å²) in [4.78, 5) is 45.8. The first-order valence-corrected chi connectivity index (χ1v) is 14.3.